The number of hydrogen-bond acceptors (Lipinski definition) is 3. The Morgan fingerprint density at radius 1 is 1.39 bits per heavy atom. The summed E-state index contributed by atoms with van der Waals surface area (Å²) in [5.41, 5.74) is 6.13. The first-order valence-corrected chi connectivity index (χ1v) is 7.15. The summed E-state index contributed by atoms with van der Waals surface area (Å²) in [6.07, 6.45) is 3.89. The fourth-order valence-corrected chi connectivity index (χ4v) is 3.20. The largest absolute Gasteiger partial charge is 0.461 e. The molecule has 3 heteroatoms. The van der Waals surface area contributed by atoms with Crippen LogP contribution in [0.4, 0.5) is 0 Å². The van der Waals surface area contributed by atoms with E-state index in [0.29, 0.717) is 18.3 Å². The summed E-state index contributed by atoms with van der Waals surface area (Å²) < 4.78 is 5.60. The molecule has 0 aromatic carbocycles. The number of nitrogens with two attached hydrogens (primary N) is 1. The minimum absolute atomic E-state index is 0.0504. The maximum Gasteiger partial charge on any atom is 0.323 e. The van der Waals surface area contributed by atoms with Crippen LogP contribution in [0.15, 0.2) is 0 Å². The Labute approximate surface area is 111 Å². The lowest BCUT2D eigenvalue weighted by molar-refractivity contribution is -0.155. The first kappa shape index (κ1) is 15.5. The Morgan fingerprint density at radius 2 is 2.00 bits per heavy atom. The van der Waals surface area contributed by atoms with Gasteiger partial charge in [0.05, 0.1) is 0 Å². The quantitative estimate of drug-likeness (QED) is 0.785. The lowest BCUT2D eigenvalue weighted by atomic mass is 9.71. The van der Waals surface area contributed by atoms with E-state index in [-0.39, 0.29) is 17.5 Å². The van der Waals surface area contributed by atoms with Crippen LogP contribution >= 0.6 is 0 Å². The number of rotatable bonds is 4. The molecule has 1 saturated carbocycles. The third-order valence-corrected chi connectivity index (χ3v) is 3.66. The van der Waals surface area contributed by atoms with Gasteiger partial charge in [0.15, 0.2) is 0 Å². The van der Waals surface area contributed by atoms with Crippen LogP contribution in [-0.2, 0) is 9.53 Å². The molecule has 3 nitrogen and oxygen atoms in total. The smallest absolute Gasteiger partial charge is 0.323 e. The molecule has 0 aliphatic heterocycles. The Balaban J connectivity index is 2.49. The lowest BCUT2D eigenvalue weighted by Crippen LogP contribution is -2.39. The molecule has 3 atom stereocenters. The van der Waals surface area contributed by atoms with Gasteiger partial charge in [-0.3, -0.25) is 4.79 Å². The number of hydrogen-bond donors (Lipinski definition) is 1. The third kappa shape index (κ3) is 4.97. The van der Waals surface area contributed by atoms with Crippen LogP contribution in [0, 0.1) is 17.3 Å². The Hall–Kier alpha value is -0.570. The van der Waals surface area contributed by atoms with E-state index in [2.05, 4.69) is 34.6 Å². The van der Waals surface area contributed by atoms with Crippen LogP contribution in [0.5, 0.6) is 0 Å². The minimum atomic E-state index is -0.467. The van der Waals surface area contributed by atoms with Gasteiger partial charge in [0.1, 0.15) is 12.1 Å². The van der Waals surface area contributed by atoms with Gasteiger partial charge in [-0.1, -0.05) is 34.6 Å². The summed E-state index contributed by atoms with van der Waals surface area (Å²) in [5, 5.41) is 0. The van der Waals surface area contributed by atoms with Crippen molar-refractivity contribution in [3.8, 4) is 0 Å². The lowest BCUT2D eigenvalue weighted by Gasteiger charge is -2.38. The van der Waals surface area contributed by atoms with Crippen LogP contribution in [0.25, 0.3) is 0 Å². The zero-order chi connectivity index (χ0) is 13.9. The van der Waals surface area contributed by atoms with Crippen LogP contribution in [0.2, 0.25) is 0 Å². The Bertz CT molecular complexity index is 286. The molecule has 18 heavy (non-hydrogen) atoms. The van der Waals surface area contributed by atoms with E-state index in [9.17, 15) is 4.79 Å². The predicted molar refractivity (Wildman–Crippen MR) is 74.1 cm³/mol. The molecule has 1 fully saturated rings. The fourth-order valence-electron chi connectivity index (χ4n) is 3.20. The van der Waals surface area contributed by atoms with Gasteiger partial charge in [-0.2, -0.15) is 0 Å². The molecule has 2 N–H and O–H groups in total. The molecule has 0 radical (unpaired) electrons. The van der Waals surface area contributed by atoms with Crippen molar-refractivity contribution in [2.24, 2.45) is 23.0 Å². The SMILES string of the molecule is CC(C)C[C@@H](N)C(=O)OC1CC(C)CC(C)(C)C1. The van der Waals surface area contributed by atoms with Gasteiger partial charge in [0.2, 0.25) is 0 Å². The molecule has 0 aromatic rings. The van der Waals surface area contributed by atoms with Crippen LogP contribution < -0.4 is 5.73 Å². The van der Waals surface area contributed by atoms with E-state index in [4.69, 9.17) is 10.5 Å². The molecule has 0 aromatic heterocycles. The predicted octanol–water partition coefficient (Wildman–Crippen LogP) is 3.12. The molecular weight excluding hydrogens is 226 g/mol. The van der Waals surface area contributed by atoms with Gasteiger partial charge in [-0.05, 0) is 42.9 Å². The summed E-state index contributed by atoms with van der Waals surface area (Å²) in [4.78, 5) is 11.9. The van der Waals surface area contributed by atoms with E-state index in [1.54, 1.807) is 0 Å². The van der Waals surface area contributed by atoms with E-state index in [1.807, 2.05) is 0 Å². The topological polar surface area (TPSA) is 52.3 Å². The van der Waals surface area contributed by atoms with Gasteiger partial charge in [-0.25, -0.2) is 0 Å². The van der Waals surface area contributed by atoms with Crippen molar-refractivity contribution in [1.82, 2.24) is 0 Å². The number of ether oxygens (including phenoxy) is 1. The van der Waals surface area contributed by atoms with Crippen LogP contribution in [0.3, 0.4) is 0 Å². The average Bonchev–Trinajstić information content (AvgIpc) is 2.12. The monoisotopic (exact) mass is 255 g/mol. The van der Waals surface area contributed by atoms with Crippen molar-refractivity contribution in [3.63, 3.8) is 0 Å². The van der Waals surface area contributed by atoms with Gasteiger partial charge in [0.25, 0.3) is 0 Å². The second-order valence-corrected chi connectivity index (χ2v) is 7.21. The van der Waals surface area contributed by atoms with Crippen LogP contribution in [0.1, 0.15) is 60.3 Å². The summed E-state index contributed by atoms with van der Waals surface area (Å²) in [5.74, 6) is 0.820. The highest BCUT2D eigenvalue weighted by Crippen LogP contribution is 2.39. The molecule has 1 rings (SSSR count). The molecule has 1 aliphatic rings. The van der Waals surface area contributed by atoms with Crippen molar-refractivity contribution in [1.29, 1.82) is 0 Å². The van der Waals surface area contributed by atoms with Gasteiger partial charge < -0.3 is 10.5 Å². The maximum absolute atomic E-state index is 11.9. The molecule has 2 unspecified atom stereocenters. The van der Waals surface area contributed by atoms with Crippen molar-refractivity contribution < 1.29 is 9.53 Å². The first-order chi connectivity index (χ1) is 8.19. The van der Waals surface area contributed by atoms with E-state index in [0.717, 1.165) is 12.8 Å². The van der Waals surface area contributed by atoms with Crippen LogP contribution in [-0.4, -0.2) is 18.1 Å². The number of carbonyl (C=O) groups excluding carboxylic acids is 1. The van der Waals surface area contributed by atoms with E-state index in [1.165, 1.54) is 6.42 Å². The van der Waals surface area contributed by atoms with Crippen molar-refractivity contribution in [3.05, 3.63) is 0 Å². The van der Waals surface area contributed by atoms with Gasteiger partial charge >= 0.3 is 5.97 Å². The molecule has 1 aliphatic carbocycles. The minimum Gasteiger partial charge on any atom is -0.461 e. The average molecular weight is 255 g/mol. The maximum atomic E-state index is 11.9. The molecule has 0 amide bonds. The first-order valence-electron chi connectivity index (χ1n) is 7.15. The molecular formula is C15H29NO2. The van der Waals surface area contributed by atoms with E-state index < -0.39 is 6.04 Å². The number of esters is 1. The Kier molecular flexibility index (Phi) is 5.20. The molecule has 0 spiro atoms. The Morgan fingerprint density at radius 3 is 2.50 bits per heavy atom. The second-order valence-electron chi connectivity index (χ2n) is 7.21. The van der Waals surface area contributed by atoms with Crippen molar-refractivity contribution >= 4 is 5.97 Å². The highest BCUT2D eigenvalue weighted by Gasteiger charge is 2.34. The standard InChI is InChI=1S/C15H29NO2/c1-10(2)6-13(16)14(17)18-12-7-11(3)8-15(4,5)9-12/h10-13H,6-9,16H2,1-5H3/t11?,12?,13-/m1/s1. The highest BCUT2D eigenvalue weighted by atomic mass is 16.5. The summed E-state index contributed by atoms with van der Waals surface area (Å²) in [7, 11) is 0. The van der Waals surface area contributed by atoms with Crippen molar-refractivity contribution in [2.45, 2.75) is 72.4 Å². The second kappa shape index (κ2) is 6.05. The van der Waals surface area contributed by atoms with Gasteiger partial charge in [-0.15, -0.1) is 0 Å². The molecule has 106 valence electrons. The third-order valence-electron chi connectivity index (χ3n) is 3.66. The van der Waals surface area contributed by atoms with E-state index >= 15 is 0 Å². The number of carbonyl (C=O) groups is 1. The zero-order valence-electron chi connectivity index (χ0n) is 12.5. The fraction of sp³-hybridized carbons (Fsp3) is 0.933. The summed E-state index contributed by atoms with van der Waals surface area (Å²) in [6, 6.07) is -0.467. The molecule has 0 saturated heterocycles. The zero-order valence-corrected chi connectivity index (χ0v) is 12.5. The summed E-state index contributed by atoms with van der Waals surface area (Å²) in [6.45, 7) is 10.9. The highest BCUT2D eigenvalue weighted by molar-refractivity contribution is 5.75. The molecule has 0 heterocycles. The normalized spacial score (nSPS) is 29.1. The summed E-state index contributed by atoms with van der Waals surface area (Å²) >= 11 is 0. The molecule has 0 bridgehead atoms. The van der Waals surface area contributed by atoms with Gasteiger partial charge in [0, 0.05) is 0 Å². The van der Waals surface area contributed by atoms with Crippen molar-refractivity contribution in [2.75, 3.05) is 0 Å².